The summed E-state index contributed by atoms with van der Waals surface area (Å²) < 4.78 is 13.4. The van der Waals surface area contributed by atoms with Crippen molar-refractivity contribution in [3.63, 3.8) is 0 Å². The number of hydrogen-bond donors (Lipinski definition) is 1. The van der Waals surface area contributed by atoms with E-state index in [0.717, 1.165) is 32.1 Å². The number of amides is 1. The Bertz CT molecular complexity index is 565. The molecule has 1 aliphatic heterocycles. The molecule has 0 aromatic heterocycles. The Morgan fingerprint density at radius 1 is 1.38 bits per heavy atom. The second-order valence-electron chi connectivity index (χ2n) is 6.22. The van der Waals surface area contributed by atoms with Crippen LogP contribution in [0.3, 0.4) is 0 Å². The van der Waals surface area contributed by atoms with E-state index in [1.807, 2.05) is 0 Å². The van der Waals surface area contributed by atoms with Gasteiger partial charge in [0.15, 0.2) is 0 Å². The van der Waals surface area contributed by atoms with E-state index in [0.29, 0.717) is 13.1 Å². The summed E-state index contributed by atoms with van der Waals surface area (Å²) in [5.74, 6) is -0.701. The SMILES string of the molecule is O=C(c1cc(F)ccc1Cl)N1CCC[C@@]2(CCC[C@H]2O)C1. The van der Waals surface area contributed by atoms with Gasteiger partial charge >= 0.3 is 0 Å². The Hall–Kier alpha value is -1.13. The first-order valence-corrected chi connectivity index (χ1v) is 7.82. The Kier molecular flexibility index (Phi) is 3.93. The van der Waals surface area contributed by atoms with Gasteiger partial charge in [-0.2, -0.15) is 0 Å². The molecule has 2 atom stereocenters. The van der Waals surface area contributed by atoms with Crippen molar-refractivity contribution in [1.29, 1.82) is 0 Å². The molecule has 3 rings (SSSR count). The monoisotopic (exact) mass is 311 g/mol. The van der Waals surface area contributed by atoms with Gasteiger partial charge in [-0.25, -0.2) is 4.39 Å². The molecule has 0 bridgehead atoms. The first-order valence-electron chi connectivity index (χ1n) is 7.44. The summed E-state index contributed by atoms with van der Waals surface area (Å²) in [7, 11) is 0. The van der Waals surface area contributed by atoms with E-state index in [9.17, 15) is 14.3 Å². The molecule has 1 saturated carbocycles. The molecule has 1 saturated heterocycles. The van der Waals surface area contributed by atoms with Crippen LogP contribution in [-0.2, 0) is 0 Å². The van der Waals surface area contributed by atoms with Gasteiger partial charge in [-0.1, -0.05) is 18.0 Å². The summed E-state index contributed by atoms with van der Waals surface area (Å²) in [6.07, 6.45) is 4.25. The maximum absolute atomic E-state index is 13.4. The molecule has 1 aromatic rings. The maximum Gasteiger partial charge on any atom is 0.255 e. The van der Waals surface area contributed by atoms with Crippen molar-refractivity contribution in [1.82, 2.24) is 4.90 Å². The predicted molar refractivity (Wildman–Crippen MR) is 78.8 cm³/mol. The van der Waals surface area contributed by atoms with Crippen molar-refractivity contribution < 1.29 is 14.3 Å². The Balaban J connectivity index is 1.83. The van der Waals surface area contributed by atoms with Crippen LogP contribution in [0.15, 0.2) is 18.2 Å². The summed E-state index contributed by atoms with van der Waals surface area (Å²) in [5.41, 5.74) is 0.0365. The van der Waals surface area contributed by atoms with Crippen LogP contribution in [0.2, 0.25) is 5.02 Å². The third kappa shape index (κ3) is 2.67. The Labute approximate surface area is 128 Å². The highest BCUT2D eigenvalue weighted by Crippen LogP contribution is 2.45. The van der Waals surface area contributed by atoms with Gasteiger partial charge in [-0.15, -0.1) is 0 Å². The lowest BCUT2D eigenvalue weighted by Gasteiger charge is -2.42. The molecule has 1 amide bonds. The highest BCUT2D eigenvalue weighted by molar-refractivity contribution is 6.33. The lowest BCUT2D eigenvalue weighted by atomic mass is 9.76. The number of aliphatic hydroxyl groups excluding tert-OH is 1. The summed E-state index contributed by atoms with van der Waals surface area (Å²) in [6.45, 7) is 1.18. The van der Waals surface area contributed by atoms with E-state index < -0.39 is 5.82 Å². The molecule has 0 radical (unpaired) electrons. The van der Waals surface area contributed by atoms with Crippen molar-refractivity contribution in [2.45, 2.75) is 38.2 Å². The molecular weight excluding hydrogens is 293 g/mol. The number of likely N-dealkylation sites (tertiary alicyclic amines) is 1. The zero-order chi connectivity index (χ0) is 15.0. The smallest absolute Gasteiger partial charge is 0.255 e. The zero-order valence-electron chi connectivity index (χ0n) is 11.8. The number of nitrogens with zero attached hydrogens (tertiary/aromatic N) is 1. The van der Waals surface area contributed by atoms with Crippen molar-refractivity contribution in [3.8, 4) is 0 Å². The van der Waals surface area contributed by atoms with Crippen molar-refractivity contribution in [2.24, 2.45) is 5.41 Å². The van der Waals surface area contributed by atoms with Crippen LogP contribution in [0.25, 0.3) is 0 Å². The van der Waals surface area contributed by atoms with Gasteiger partial charge < -0.3 is 10.0 Å². The van der Waals surface area contributed by atoms with Crippen LogP contribution in [0, 0.1) is 11.2 Å². The van der Waals surface area contributed by atoms with Crippen LogP contribution in [0.5, 0.6) is 0 Å². The number of piperidine rings is 1. The minimum Gasteiger partial charge on any atom is -0.392 e. The highest BCUT2D eigenvalue weighted by Gasteiger charge is 2.45. The molecular formula is C16H19ClFNO2. The minimum absolute atomic E-state index is 0.173. The molecule has 1 N–H and O–H groups in total. The lowest BCUT2D eigenvalue weighted by molar-refractivity contribution is -0.00536. The number of halogens is 2. The molecule has 1 aromatic carbocycles. The largest absolute Gasteiger partial charge is 0.392 e. The molecule has 21 heavy (non-hydrogen) atoms. The van der Waals surface area contributed by atoms with Crippen molar-refractivity contribution in [2.75, 3.05) is 13.1 Å². The van der Waals surface area contributed by atoms with Gasteiger partial charge in [-0.3, -0.25) is 4.79 Å². The fourth-order valence-corrected chi connectivity index (χ4v) is 3.96. The number of carbonyl (C=O) groups excluding carboxylic acids is 1. The highest BCUT2D eigenvalue weighted by atomic mass is 35.5. The molecule has 2 aliphatic rings. The first kappa shape index (κ1) is 14.8. The van der Waals surface area contributed by atoms with Crippen LogP contribution in [0.1, 0.15) is 42.5 Å². The quantitative estimate of drug-likeness (QED) is 0.865. The van der Waals surface area contributed by atoms with Crippen LogP contribution in [0.4, 0.5) is 4.39 Å². The predicted octanol–water partition coefficient (Wildman–Crippen LogP) is 3.25. The van der Waals surface area contributed by atoms with Crippen molar-refractivity contribution in [3.05, 3.63) is 34.6 Å². The Morgan fingerprint density at radius 3 is 2.86 bits per heavy atom. The van der Waals surface area contributed by atoms with Crippen molar-refractivity contribution >= 4 is 17.5 Å². The first-order chi connectivity index (χ1) is 10.0. The van der Waals surface area contributed by atoms with Gasteiger partial charge in [-0.05, 0) is 43.9 Å². The molecule has 0 unspecified atom stereocenters. The van der Waals surface area contributed by atoms with E-state index in [2.05, 4.69) is 0 Å². The third-order valence-electron chi connectivity index (χ3n) is 4.91. The van der Waals surface area contributed by atoms with Crippen LogP contribution in [-0.4, -0.2) is 35.1 Å². The lowest BCUT2D eigenvalue weighted by Crippen LogP contribution is -2.49. The second-order valence-corrected chi connectivity index (χ2v) is 6.63. The molecule has 114 valence electrons. The topological polar surface area (TPSA) is 40.5 Å². The molecule has 1 heterocycles. The second kappa shape index (κ2) is 5.58. The molecule has 3 nitrogen and oxygen atoms in total. The van der Waals surface area contributed by atoms with Gasteiger partial charge in [0, 0.05) is 18.5 Å². The average Bonchev–Trinajstić information content (AvgIpc) is 2.81. The Morgan fingerprint density at radius 2 is 2.14 bits per heavy atom. The standard InChI is InChI=1S/C16H19ClFNO2/c17-13-5-4-11(18)9-12(13)15(21)19-8-2-7-16(10-19)6-1-3-14(16)20/h4-5,9,14,20H,1-3,6-8,10H2/t14-,16+/m1/s1. The van der Waals surface area contributed by atoms with Gasteiger partial charge in [0.05, 0.1) is 16.7 Å². The number of carbonyl (C=O) groups is 1. The van der Waals surface area contributed by atoms with Crippen LogP contribution < -0.4 is 0 Å². The van der Waals surface area contributed by atoms with E-state index in [4.69, 9.17) is 11.6 Å². The third-order valence-corrected chi connectivity index (χ3v) is 5.24. The summed E-state index contributed by atoms with van der Waals surface area (Å²) in [5, 5.41) is 10.5. The van der Waals surface area contributed by atoms with E-state index in [1.165, 1.54) is 18.2 Å². The molecule has 1 aliphatic carbocycles. The summed E-state index contributed by atoms with van der Waals surface area (Å²) in [4.78, 5) is 14.3. The van der Waals surface area contributed by atoms with E-state index >= 15 is 0 Å². The number of hydrogen-bond acceptors (Lipinski definition) is 2. The zero-order valence-corrected chi connectivity index (χ0v) is 12.6. The van der Waals surface area contributed by atoms with E-state index in [1.54, 1.807) is 4.90 Å². The number of rotatable bonds is 1. The van der Waals surface area contributed by atoms with Crippen LogP contribution >= 0.6 is 11.6 Å². The van der Waals surface area contributed by atoms with Gasteiger partial charge in [0.2, 0.25) is 0 Å². The maximum atomic E-state index is 13.4. The number of benzene rings is 1. The normalized spacial score (nSPS) is 29.1. The fraction of sp³-hybridized carbons (Fsp3) is 0.562. The fourth-order valence-electron chi connectivity index (χ4n) is 3.76. The molecule has 5 heteroatoms. The van der Waals surface area contributed by atoms with E-state index in [-0.39, 0.29) is 28.0 Å². The average molecular weight is 312 g/mol. The minimum atomic E-state index is -0.463. The molecule has 1 spiro atoms. The number of aliphatic hydroxyl groups is 1. The summed E-state index contributed by atoms with van der Waals surface area (Å²) >= 11 is 6.03. The van der Waals surface area contributed by atoms with Gasteiger partial charge in [0.1, 0.15) is 5.82 Å². The summed E-state index contributed by atoms with van der Waals surface area (Å²) in [6, 6.07) is 3.85. The molecule has 2 fully saturated rings. The van der Waals surface area contributed by atoms with Gasteiger partial charge in [0.25, 0.3) is 5.91 Å².